The number of piperidine rings is 1. The average molecular weight is 350 g/mol. The lowest BCUT2D eigenvalue weighted by molar-refractivity contribution is -0.136. The zero-order chi connectivity index (χ0) is 17.8. The van der Waals surface area contributed by atoms with Gasteiger partial charge in [-0.1, -0.05) is 19.3 Å². The van der Waals surface area contributed by atoms with E-state index >= 15 is 0 Å². The summed E-state index contributed by atoms with van der Waals surface area (Å²) in [5.41, 5.74) is 5.37. The topological polar surface area (TPSA) is 95.7 Å². The van der Waals surface area contributed by atoms with E-state index in [1.807, 2.05) is 4.90 Å². The third-order valence-corrected chi connectivity index (χ3v) is 5.95. The number of amides is 4. The Bertz CT molecular complexity index is 510. The first-order chi connectivity index (χ1) is 12.1. The highest BCUT2D eigenvalue weighted by Crippen LogP contribution is 2.25. The fraction of sp³-hybridized carbons (Fsp3) is 0.833. The molecule has 7 nitrogen and oxygen atoms in total. The summed E-state index contributed by atoms with van der Waals surface area (Å²) in [6.45, 7) is 1.84. The number of hydrogen-bond acceptors (Lipinski definition) is 3. The zero-order valence-electron chi connectivity index (χ0n) is 14.9. The lowest BCUT2D eigenvalue weighted by atomic mass is 9.88. The summed E-state index contributed by atoms with van der Waals surface area (Å²) >= 11 is 0. The Balaban J connectivity index is 1.46. The Labute approximate surface area is 149 Å². The molecule has 3 aliphatic rings. The SMILES string of the molecule is NC(=O)N1CCC[C@H]1C(=O)N1CCC(NC(=O)C2CCCCC2)CC1. The van der Waals surface area contributed by atoms with E-state index in [1.54, 1.807) is 0 Å². The molecule has 25 heavy (non-hydrogen) atoms. The molecule has 0 aromatic rings. The largest absolute Gasteiger partial charge is 0.353 e. The summed E-state index contributed by atoms with van der Waals surface area (Å²) in [6, 6.07) is -0.745. The van der Waals surface area contributed by atoms with Crippen molar-refractivity contribution in [3.63, 3.8) is 0 Å². The predicted molar refractivity (Wildman–Crippen MR) is 93.6 cm³/mol. The fourth-order valence-electron chi connectivity index (χ4n) is 4.43. The summed E-state index contributed by atoms with van der Waals surface area (Å²) in [4.78, 5) is 39.8. The first-order valence-electron chi connectivity index (χ1n) is 9.71. The number of nitrogens with zero attached hydrogens (tertiary/aromatic N) is 2. The molecule has 0 bridgehead atoms. The van der Waals surface area contributed by atoms with Crippen LogP contribution in [0, 0.1) is 5.92 Å². The summed E-state index contributed by atoms with van der Waals surface area (Å²) in [7, 11) is 0. The molecule has 4 amide bonds. The van der Waals surface area contributed by atoms with Crippen molar-refractivity contribution >= 4 is 17.8 Å². The molecule has 3 N–H and O–H groups in total. The van der Waals surface area contributed by atoms with Crippen molar-refractivity contribution in [3.8, 4) is 0 Å². The van der Waals surface area contributed by atoms with Crippen molar-refractivity contribution in [1.82, 2.24) is 15.1 Å². The number of carbonyl (C=O) groups excluding carboxylic acids is 3. The highest BCUT2D eigenvalue weighted by Gasteiger charge is 2.37. The molecule has 0 aromatic carbocycles. The van der Waals surface area contributed by atoms with Gasteiger partial charge in [0.15, 0.2) is 0 Å². The molecule has 1 saturated carbocycles. The maximum Gasteiger partial charge on any atom is 0.315 e. The van der Waals surface area contributed by atoms with Crippen LogP contribution in [0.4, 0.5) is 4.79 Å². The van der Waals surface area contributed by atoms with Gasteiger partial charge in [-0.25, -0.2) is 4.79 Å². The van der Waals surface area contributed by atoms with Crippen LogP contribution in [0.2, 0.25) is 0 Å². The van der Waals surface area contributed by atoms with Gasteiger partial charge in [0, 0.05) is 31.6 Å². The number of rotatable bonds is 3. The summed E-state index contributed by atoms with van der Waals surface area (Å²) < 4.78 is 0. The third-order valence-electron chi connectivity index (χ3n) is 5.95. The summed E-state index contributed by atoms with van der Waals surface area (Å²) in [6.07, 6.45) is 8.66. The molecule has 3 fully saturated rings. The van der Waals surface area contributed by atoms with Gasteiger partial charge in [-0.15, -0.1) is 0 Å². The van der Waals surface area contributed by atoms with Gasteiger partial charge in [0.05, 0.1) is 0 Å². The number of nitrogens with two attached hydrogens (primary N) is 1. The molecule has 7 heteroatoms. The van der Waals surface area contributed by atoms with E-state index in [2.05, 4.69) is 5.32 Å². The van der Waals surface area contributed by atoms with E-state index in [4.69, 9.17) is 5.73 Å². The van der Waals surface area contributed by atoms with E-state index in [0.29, 0.717) is 26.1 Å². The molecule has 140 valence electrons. The summed E-state index contributed by atoms with van der Waals surface area (Å²) in [5, 5.41) is 3.18. The second-order valence-corrected chi connectivity index (χ2v) is 7.63. The number of carbonyl (C=O) groups is 3. The smallest absolute Gasteiger partial charge is 0.315 e. The Morgan fingerprint density at radius 2 is 1.52 bits per heavy atom. The molecule has 1 atom stereocenters. The van der Waals surface area contributed by atoms with E-state index in [0.717, 1.165) is 44.9 Å². The normalized spacial score (nSPS) is 25.8. The molecule has 2 saturated heterocycles. The molecular formula is C18H30N4O3. The minimum absolute atomic E-state index is 0.00774. The molecule has 3 rings (SSSR count). The van der Waals surface area contributed by atoms with Crippen LogP contribution in [0.15, 0.2) is 0 Å². The number of primary amides is 1. The minimum Gasteiger partial charge on any atom is -0.353 e. The molecule has 0 aromatic heterocycles. The molecule has 0 unspecified atom stereocenters. The van der Waals surface area contributed by atoms with Crippen LogP contribution in [-0.2, 0) is 9.59 Å². The third kappa shape index (κ3) is 4.25. The predicted octanol–water partition coefficient (Wildman–Crippen LogP) is 1.22. The van der Waals surface area contributed by atoms with Crippen LogP contribution in [0.25, 0.3) is 0 Å². The van der Waals surface area contributed by atoms with Crippen molar-refractivity contribution < 1.29 is 14.4 Å². The lowest BCUT2D eigenvalue weighted by Gasteiger charge is -2.36. The number of urea groups is 1. The van der Waals surface area contributed by atoms with Crippen LogP contribution in [0.1, 0.15) is 57.8 Å². The minimum atomic E-state index is -0.509. The Hall–Kier alpha value is -1.79. The quantitative estimate of drug-likeness (QED) is 0.801. The summed E-state index contributed by atoms with van der Waals surface area (Å²) in [5.74, 6) is 0.379. The van der Waals surface area contributed by atoms with Gasteiger partial charge < -0.3 is 20.9 Å². The molecular weight excluding hydrogens is 320 g/mol. The van der Waals surface area contributed by atoms with Gasteiger partial charge >= 0.3 is 6.03 Å². The van der Waals surface area contributed by atoms with E-state index in [1.165, 1.54) is 11.3 Å². The molecule has 2 aliphatic heterocycles. The van der Waals surface area contributed by atoms with Gasteiger partial charge in [0.1, 0.15) is 6.04 Å². The van der Waals surface area contributed by atoms with Gasteiger partial charge in [-0.05, 0) is 38.5 Å². The van der Waals surface area contributed by atoms with Crippen molar-refractivity contribution in [3.05, 3.63) is 0 Å². The van der Waals surface area contributed by atoms with Gasteiger partial charge in [0.25, 0.3) is 0 Å². The Morgan fingerprint density at radius 3 is 2.16 bits per heavy atom. The van der Waals surface area contributed by atoms with Gasteiger partial charge in [-0.3, -0.25) is 9.59 Å². The monoisotopic (exact) mass is 350 g/mol. The van der Waals surface area contributed by atoms with Crippen molar-refractivity contribution in [2.75, 3.05) is 19.6 Å². The Morgan fingerprint density at radius 1 is 0.840 bits per heavy atom. The average Bonchev–Trinajstić information content (AvgIpc) is 3.12. The second-order valence-electron chi connectivity index (χ2n) is 7.63. The lowest BCUT2D eigenvalue weighted by Crippen LogP contribution is -2.53. The number of nitrogens with one attached hydrogen (secondary N) is 1. The first kappa shape index (κ1) is 18.0. The van der Waals surface area contributed by atoms with Crippen LogP contribution in [0.3, 0.4) is 0 Å². The van der Waals surface area contributed by atoms with Crippen molar-refractivity contribution in [1.29, 1.82) is 0 Å². The highest BCUT2D eigenvalue weighted by atomic mass is 16.2. The van der Waals surface area contributed by atoms with Gasteiger partial charge in [-0.2, -0.15) is 0 Å². The van der Waals surface area contributed by atoms with Gasteiger partial charge in [0.2, 0.25) is 11.8 Å². The fourth-order valence-corrected chi connectivity index (χ4v) is 4.43. The van der Waals surface area contributed by atoms with Crippen LogP contribution in [0.5, 0.6) is 0 Å². The van der Waals surface area contributed by atoms with E-state index < -0.39 is 12.1 Å². The second kappa shape index (κ2) is 8.06. The van der Waals surface area contributed by atoms with E-state index in [9.17, 15) is 14.4 Å². The highest BCUT2D eigenvalue weighted by molar-refractivity contribution is 5.87. The van der Waals surface area contributed by atoms with Crippen LogP contribution < -0.4 is 11.1 Å². The molecule has 0 spiro atoms. The maximum absolute atomic E-state index is 12.7. The van der Waals surface area contributed by atoms with Crippen molar-refractivity contribution in [2.45, 2.75) is 69.9 Å². The Kier molecular flexibility index (Phi) is 5.81. The van der Waals surface area contributed by atoms with Crippen molar-refractivity contribution in [2.24, 2.45) is 11.7 Å². The zero-order valence-corrected chi connectivity index (χ0v) is 14.9. The van der Waals surface area contributed by atoms with Crippen LogP contribution >= 0.6 is 0 Å². The first-order valence-corrected chi connectivity index (χ1v) is 9.71. The molecule has 1 aliphatic carbocycles. The molecule has 2 heterocycles. The number of hydrogen-bond donors (Lipinski definition) is 2. The maximum atomic E-state index is 12.7. The van der Waals surface area contributed by atoms with Crippen LogP contribution in [-0.4, -0.2) is 59.4 Å². The number of likely N-dealkylation sites (tertiary alicyclic amines) is 2. The standard InChI is InChI=1S/C18H30N4O3/c19-18(25)22-10-4-7-15(22)17(24)21-11-8-14(9-12-21)20-16(23)13-5-2-1-3-6-13/h13-15H,1-12H2,(H2,19,25)(H,20,23)/t15-/m0/s1. The molecule has 0 radical (unpaired) electrons. The van der Waals surface area contributed by atoms with E-state index in [-0.39, 0.29) is 23.8 Å².